The molecule has 4 nitrogen and oxygen atoms in total. The Bertz CT molecular complexity index is 527. The zero-order valence-electron chi connectivity index (χ0n) is 12.7. The second-order valence-corrected chi connectivity index (χ2v) is 6.74. The van der Waals surface area contributed by atoms with E-state index in [-0.39, 0.29) is 28.6 Å². The molecule has 2 aliphatic rings. The third-order valence-corrected chi connectivity index (χ3v) is 4.97. The number of hydrogen-bond donors (Lipinski definition) is 0. The van der Waals surface area contributed by atoms with E-state index < -0.39 is 5.41 Å². The molecule has 0 radical (unpaired) electrons. The normalized spacial score (nSPS) is 32.1. The van der Waals surface area contributed by atoms with Crippen molar-refractivity contribution in [2.24, 2.45) is 16.7 Å². The average Bonchev–Trinajstić information content (AvgIpc) is 2.41. The molecule has 1 saturated heterocycles. The van der Waals surface area contributed by atoms with Crippen molar-refractivity contribution in [2.75, 3.05) is 13.1 Å². The summed E-state index contributed by atoms with van der Waals surface area (Å²) in [5.41, 5.74) is -0.568. The number of Topliss-reactive ketones (excluding diaryl/α,β-unsaturated/α-hetero) is 1. The molecule has 0 spiro atoms. The fraction of sp³-hybridized carbons (Fsp3) is 0.688. The molecular formula is C16H22N2O2. The minimum Gasteiger partial charge on any atom is -0.342 e. The van der Waals surface area contributed by atoms with Gasteiger partial charge in [-0.3, -0.25) is 9.59 Å². The van der Waals surface area contributed by atoms with Gasteiger partial charge >= 0.3 is 0 Å². The third-order valence-electron chi connectivity index (χ3n) is 4.97. The van der Waals surface area contributed by atoms with Gasteiger partial charge < -0.3 is 4.90 Å². The van der Waals surface area contributed by atoms with E-state index in [4.69, 9.17) is 0 Å². The van der Waals surface area contributed by atoms with E-state index in [1.807, 2.05) is 31.7 Å². The summed E-state index contributed by atoms with van der Waals surface area (Å²) in [5, 5.41) is 9.20. The van der Waals surface area contributed by atoms with Crippen molar-refractivity contribution in [1.82, 2.24) is 4.90 Å². The Morgan fingerprint density at radius 2 is 2.15 bits per heavy atom. The topological polar surface area (TPSA) is 61.2 Å². The van der Waals surface area contributed by atoms with Crippen LogP contribution in [0, 0.1) is 28.1 Å². The van der Waals surface area contributed by atoms with Crippen molar-refractivity contribution in [2.45, 2.75) is 40.5 Å². The molecule has 0 aromatic heterocycles. The van der Waals surface area contributed by atoms with Crippen molar-refractivity contribution in [3.63, 3.8) is 0 Å². The highest BCUT2D eigenvalue weighted by Crippen LogP contribution is 2.51. The third kappa shape index (κ3) is 2.06. The molecule has 0 aromatic rings. The zero-order valence-corrected chi connectivity index (χ0v) is 12.7. The van der Waals surface area contributed by atoms with Crippen LogP contribution in [0.25, 0.3) is 0 Å². The number of fused-ring (bicyclic) bond motifs is 1. The van der Waals surface area contributed by atoms with Crippen LogP contribution in [0.3, 0.4) is 0 Å². The molecule has 1 amide bonds. The number of ketones is 1. The number of rotatable bonds is 1. The second kappa shape index (κ2) is 4.73. The summed E-state index contributed by atoms with van der Waals surface area (Å²) in [6, 6.07) is 2.03. The minimum absolute atomic E-state index is 0.0576. The predicted octanol–water partition coefficient (Wildman–Crippen LogP) is 2.31. The van der Waals surface area contributed by atoms with Gasteiger partial charge in [0.1, 0.15) is 6.07 Å². The molecule has 2 atom stereocenters. The molecule has 20 heavy (non-hydrogen) atoms. The minimum atomic E-state index is -0.532. The van der Waals surface area contributed by atoms with Gasteiger partial charge in [-0.2, -0.15) is 5.26 Å². The number of piperidine rings is 1. The van der Waals surface area contributed by atoms with Crippen LogP contribution in [0.2, 0.25) is 0 Å². The lowest BCUT2D eigenvalue weighted by atomic mass is 9.55. The van der Waals surface area contributed by atoms with Crippen LogP contribution in [0.5, 0.6) is 0 Å². The number of hydrogen-bond acceptors (Lipinski definition) is 3. The first-order chi connectivity index (χ1) is 9.26. The van der Waals surface area contributed by atoms with Crippen molar-refractivity contribution >= 4 is 11.7 Å². The lowest BCUT2D eigenvalue weighted by Crippen LogP contribution is -2.56. The molecule has 1 fully saturated rings. The Labute approximate surface area is 120 Å². The monoisotopic (exact) mass is 274 g/mol. The van der Waals surface area contributed by atoms with Gasteiger partial charge in [-0.1, -0.05) is 33.8 Å². The van der Waals surface area contributed by atoms with Gasteiger partial charge in [-0.15, -0.1) is 0 Å². The number of amides is 1. The number of likely N-dealkylation sites (tertiary alicyclic amines) is 1. The Morgan fingerprint density at radius 1 is 1.50 bits per heavy atom. The summed E-state index contributed by atoms with van der Waals surface area (Å²) in [4.78, 5) is 26.2. The maximum absolute atomic E-state index is 12.4. The van der Waals surface area contributed by atoms with Gasteiger partial charge in [-0.25, -0.2) is 0 Å². The van der Waals surface area contributed by atoms with E-state index in [0.29, 0.717) is 19.5 Å². The Balaban J connectivity index is 2.42. The lowest BCUT2D eigenvalue weighted by molar-refractivity contribution is -0.140. The van der Waals surface area contributed by atoms with Crippen LogP contribution in [-0.4, -0.2) is 29.7 Å². The van der Waals surface area contributed by atoms with E-state index in [1.165, 1.54) is 0 Å². The molecule has 0 N–H and O–H groups in total. The predicted molar refractivity (Wildman–Crippen MR) is 75.6 cm³/mol. The first kappa shape index (κ1) is 14.8. The Kier molecular flexibility index (Phi) is 3.49. The molecule has 108 valence electrons. The highest BCUT2D eigenvalue weighted by molar-refractivity contribution is 6.04. The zero-order chi connectivity index (χ0) is 15.1. The fourth-order valence-corrected chi connectivity index (χ4v) is 3.97. The molecule has 0 saturated carbocycles. The standard InChI is InChI=1S/C16H22N2O2/c1-5-13(19)18-7-6-12-15(2,3)14(20)11(9-17)8-16(12,4)10-18/h8,12H,5-7,10H2,1-4H3/t12?,16-/m0/s1. The molecule has 0 aromatic carbocycles. The first-order valence-corrected chi connectivity index (χ1v) is 7.22. The van der Waals surface area contributed by atoms with E-state index in [9.17, 15) is 14.9 Å². The molecular weight excluding hydrogens is 252 g/mol. The number of nitrogens with zero attached hydrogens (tertiary/aromatic N) is 2. The van der Waals surface area contributed by atoms with Gasteiger partial charge in [0.15, 0.2) is 5.78 Å². The van der Waals surface area contributed by atoms with Gasteiger partial charge in [0.25, 0.3) is 0 Å². The van der Waals surface area contributed by atoms with Gasteiger partial charge in [0.2, 0.25) is 5.91 Å². The lowest BCUT2D eigenvalue weighted by Gasteiger charge is -2.53. The average molecular weight is 274 g/mol. The van der Waals surface area contributed by atoms with Gasteiger partial charge in [-0.05, 0) is 12.3 Å². The van der Waals surface area contributed by atoms with Crippen LogP contribution >= 0.6 is 0 Å². The van der Waals surface area contributed by atoms with Crippen molar-refractivity contribution in [3.05, 3.63) is 11.6 Å². The van der Waals surface area contributed by atoms with Crippen molar-refractivity contribution in [1.29, 1.82) is 5.26 Å². The number of allylic oxidation sites excluding steroid dienone is 1. The largest absolute Gasteiger partial charge is 0.342 e. The van der Waals surface area contributed by atoms with E-state index in [0.717, 1.165) is 6.42 Å². The summed E-state index contributed by atoms with van der Waals surface area (Å²) < 4.78 is 0. The first-order valence-electron chi connectivity index (χ1n) is 7.22. The van der Waals surface area contributed by atoms with Crippen LogP contribution in [0.4, 0.5) is 0 Å². The number of nitriles is 1. The molecule has 1 unspecified atom stereocenters. The summed E-state index contributed by atoms with van der Waals surface area (Å²) in [5.74, 6) is 0.268. The highest BCUT2D eigenvalue weighted by Gasteiger charge is 2.53. The fourth-order valence-electron chi connectivity index (χ4n) is 3.97. The van der Waals surface area contributed by atoms with Crippen LogP contribution in [-0.2, 0) is 9.59 Å². The SMILES string of the molecule is CCC(=O)N1CCC2C(C)(C)C(=O)C(C#N)=C[C@@]2(C)C1. The van der Waals surface area contributed by atoms with Crippen LogP contribution in [0.1, 0.15) is 40.5 Å². The van der Waals surface area contributed by atoms with Crippen molar-refractivity contribution < 1.29 is 9.59 Å². The highest BCUT2D eigenvalue weighted by atomic mass is 16.2. The maximum Gasteiger partial charge on any atom is 0.222 e. The maximum atomic E-state index is 12.4. The van der Waals surface area contributed by atoms with E-state index in [2.05, 4.69) is 6.92 Å². The second-order valence-electron chi connectivity index (χ2n) is 6.74. The van der Waals surface area contributed by atoms with Crippen LogP contribution < -0.4 is 0 Å². The van der Waals surface area contributed by atoms with Crippen molar-refractivity contribution in [3.8, 4) is 6.07 Å². The molecule has 4 heteroatoms. The Hall–Kier alpha value is -1.63. The van der Waals surface area contributed by atoms with Crippen LogP contribution in [0.15, 0.2) is 11.6 Å². The van der Waals surface area contributed by atoms with E-state index >= 15 is 0 Å². The quantitative estimate of drug-likeness (QED) is 0.737. The summed E-state index contributed by atoms with van der Waals surface area (Å²) in [6.07, 6.45) is 3.12. The molecule has 0 bridgehead atoms. The summed E-state index contributed by atoms with van der Waals surface area (Å²) in [6.45, 7) is 9.10. The smallest absolute Gasteiger partial charge is 0.222 e. The Morgan fingerprint density at radius 3 is 2.70 bits per heavy atom. The number of carbonyl (C=O) groups excluding carboxylic acids is 2. The number of carbonyl (C=O) groups is 2. The van der Waals surface area contributed by atoms with Gasteiger partial charge in [0.05, 0.1) is 5.57 Å². The molecule has 1 heterocycles. The molecule has 1 aliphatic carbocycles. The summed E-state index contributed by atoms with van der Waals surface area (Å²) >= 11 is 0. The van der Waals surface area contributed by atoms with E-state index in [1.54, 1.807) is 6.08 Å². The molecule has 1 aliphatic heterocycles. The summed E-state index contributed by atoms with van der Waals surface area (Å²) in [7, 11) is 0. The van der Waals surface area contributed by atoms with Gasteiger partial charge in [0, 0.05) is 30.3 Å². The molecule has 2 rings (SSSR count).